The first-order valence-corrected chi connectivity index (χ1v) is 11.2. The van der Waals surface area contributed by atoms with Gasteiger partial charge in [-0.1, -0.05) is 29.8 Å². The third-order valence-corrected chi connectivity index (χ3v) is 6.67. The Kier molecular flexibility index (Phi) is 5.68. The summed E-state index contributed by atoms with van der Waals surface area (Å²) in [4.78, 5) is 16.4. The number of alkyl carbamates (subject to hydrolysis) is 1. The Labute approximate surface area is 188 Å². The molecule has 3 fully saturated rings. The average Bonchev–Trinajstić information content (AvgIpc) is 2.73. The highest BCUT2D eigenvalue weighted by molar-refractivity contribution is 6.33. The highest BCUT2D eigenvalue weighted by Crippen LogP contribution is 2.49. The van der Waals surface area contributed by atoms with Crippen molar-refractivity contribution >= 4 is 40.0 Å². The minimum atomic E-state index is -0.509. The van der Waals surface area contributed by atoms with Crippen LogP contribution in [0, 0.1) is 5.41 Å². The van der Waals surface area contributed by atoms with Crippen molar-refractivity contribution < 1.29 is 14.3 Å². The highest BCUT2D eigenvalue weighted by Gasteiger charge is 2.49. The van der Waals surface area contributed by atoms with E-state index in [1.54, 1.807) is 0 Å². The lowest BCUT2D eigenvalue weighted by Gasteiger charge is -2.53. The number of carbonyl (C=O) groups excluding carboxylic acids is 1. The van der Waals surface area contributed by atoms with Crippen molar-refractivity contribution in [2.75, 3.05) is 30.7 Å². The molecule has 1 aromatic heterocycles. The Morgan fingerprint density at radius 3 is 2.58 bits per heavy atom. The SMILES string of the molecule is CC(C)(C)OC(=O)NCC12CCC(CNc3c(N)c(Cl)nc4ccccc34)(CC1)CO2. The maximum atomic E-state index is 12.0. The molecule has 2 saturated heterocycles. The number of hydrogen-bond acceptors (Lipinski definition) is 6. The second kappa shape index (κ2) is 8.02. The van der Waals surface area contributed by atoms with E-state index in [-0.39, 0.29) is 11.0 Å². The number of hydrogen-bond donors (Lipinski definition) is 3. The molecule has 4 N–H and O–H groups in total. The van der Waals surface area contributed by atoms with Crippen LogP contribution in [0.15, 0.2) is 24.3 Å². The van der Waals surface area contributed by atoms with Gasteiger partial charge < -0.3 is 25.8 Å². The number of halogens is 1. The minimum absolute atomic E-state index is 0.0386. The fourth-order valence-corrected chi connectivity index (χ4v) is 4.68. The second-order valence-electron chi connectivity index (χ2n) is 9.89. The van der Waals surface area contributed by atoms with Crippen molar-refractivity contribution in [2.24, 2.45) is 5.41 Å². The maximum Gasteiger partial charge on any atom is 0.407 e. The summed E-state index contributed by atoms with van der Waals surface area (Å²) in [7, 11) is 0. The van der Waals surface area contributed by atoms with Gasteiger partial charge in [0.1, 0.15) is 5.60 Å². The van der Waals surface area contributed by atoms with Gasteiger partial charge in [0.25, 0.3) is 0 Å². The van der Waals surface area contributed by atoms with E-state index in [1.165, 1.54) is 0 Å². The minimum Gasteiger partial charge on any atom is -0.444 e. The third-order valence-electron chi connectivity index (χ3n) is 6.38. The Morgan fingerprint density at radius 2 is 1.94 bits per heavy atom. The summed E-state index contributed by atoms with van der Waals surface area (Å²) in [5.74, 6) is 0. The molecule has 0 spiro atoms. The van der Waals surface area contributed by atoms with Crippen LogP contribution in [-0.2, 0) is 9.47 Å². The second-order valence-corrected chi connectivity index (χ2v) is 10.2. The molecule has 0 radical (unpaired) electrons. The molecule has 31 heavy (non-hydrogen) atoms. The Balaban J connectivity index is 1.39. The molecule has 2 aliphatic heterocycles. The van der Waals surface area contributed by atoms with Gasteiger partial charge in [0.2, 0.25) is 0 Å². The van der Waals surface area contributed by atoms with Crippen LogP contribution in [0.25, 0.3) is 10.9 Å². The molecule has 0 unspecified atom stereocenters. The van der Waals surface area contributed by atoms with Gasteiger partial charge in [-0.15, -0.1) is 0 Å². The van der Waals surface area contributed by atoms with E-state index in [1.807, 2.05) is 45.0 Å². The molecule has 8 heteroatoms. The van der Waals surface area contributed by atoms with Crippen LogP contribution in [-0.4, -0.2) is 42.0 Å². The number of pyridine rings is 1. The molecule has 5 rings (SSSR count). The standard InChI is InChI=1S/C23H31ClN4O3/c1-21(2,3)31-20(29)27-13-23-10-8-22(9-11-23,14-30-23)12-26-18-15-6-4-5-7-16(15)28-19(24)17(18)25/h4-7H,8-14,25H2,1-3H3,(H,26,28)(H,27,29). The van der Waals surface area contributed by atoms with Gasteiger partial charge in [-0.05, 0) is 52.5 Å². The third kappa shape index (κ3) is 4.67. The fraction of sp³-hybridized carbons (Fsp3) is 0.565. The van der Waals surface area contributed by atoms with Crippen LogP contribution >= 0.6 is 11.6 Å². The largest absolute Gasteiger partial charge is 0.444 e. The fourth-order valence-electron chi connectivity index (χ4n) is 4.50. The van der Waals surface area contributed by atoms with Gasteiger partial charge in [-0.3, -0.25) is 0 Å². The molecule has 2 aromatic rings. The van der Waals surface area contributed by atoms with Gasteiger partial charge >= 0.3 is 6.09 Å². The van der Waals surface area contributed by atoms with Gasteiger partial charge in [-0.25, -0.2) is 9.78 Å². The number of anilines is 2. The summed E-state index contributed by atoms with van der Waals surface area (Å²) in [6, 6.07) is 7.84. The molecule has 7 nitrogen and oxygen atoms in total. The Bertz CT molecular complexity index is 964. The van der Waals surface area contributed by atoms with Crippen LogP contribution in [0.1, 0.15) is 46.5 Å². The summed E-state index contributed by atoms with van der Waals surface area (Å²) in [5, 5.41) is 7.72. The lowest BCUT2D eigenvalue weighted by molar-refractivity contribution is -0.175. The van der Waals surface area contributed by atoms with Crippen LogP contribution < -0.4 is 16.4 Å². The lowest BCUT2D eigenvalue weighted by Crippen LogP contribution is -2.58. The highest BCUT2D eigenvalue weighted by atomic mass is 35.5. The molecular weight excluding hydrogens is 416 g/mol. The topological polar surface area (TPSA) is 98.5 Å². The lowest BCUT2D eigenvalue weighted by atomic mass is 9.66. The number of para-hydroxylation sites is 1. The number of aromatic nitrogens is 1. The number of ether oxygens (including phenoxy) is 2. The van der Waals surface area contributed by atoms with Gasteiger partial charge in [0.15, 0.2) is 5.15 Å². The van der Waals surface area contributed by atoms with Crippen molar-refractivity contribution in [3.05, 3.63) is 29.4 Å². The van der Waals surface area contributed by atoms with E-state index < -0.39 is 11.7 Å². The van der Waals surface area contributed by atoms with E-state index in [9.17, 15) is 4.79 Å². The quantitative estimate of drug-likeness (QED) is 0.574. The number of fused-ring (bicyclic) bond motifs is 4. The summed E-state index contributed by atoms with van der Waals surface area (Å²) in [5.41, 5.74) is 7.60. The first-order chi connectivity index (χ1) is 14.6. The molecular formula is C23H31ClN4O3. The van der Waals surface area contributed by atoms with Crippen molar-refractivity contribution in [2.45, 2.75) is 57.7 Å². The van der Waals surface area contributed by atoms with E-state index in [2.05, 4.69) is 15.6 Å². The van der Waals surface area contributed by atoms with Crippen LogP contribution in [0.4, 0.5) is 16.2 Å². The number of nitrogens with zero attached hydrogens (tertiary/aromatic N) is 1. The van der Waals surface area contributed by atoms with Crippen LogP contribution in [0.2, 0.25) is 5.15 Å². The molecule has 3 aliphatic rings. The summed E-state index contributed by atoms with van der Waals surface area (Å²) in [6.07, 6.45) is 3.45. The van der Waals surface area contributed by atoms with Crippen LogP contribution in [0.5, 0.6) is 0 Å². The summed E-state index contributed by atoms with van der Waals surface area (Å²) < 4.78 is 11.6. The predicted octanol–water partition coefficient (Wildman–Crippen LogP) is 4.74. The molecule has 3 heterocycles. The number of rotatable bonds is 5. The number of nitrogens with one attached hydrogen (secondary N) is 2. The zero-order valence-corrected chi connectivity index (χ0v) is 19.1. The van der Waals surface area contributed by atoms with Crippen molar-refractivity contribution in [1.29, 1.82) is 0 Å². The maximum absolute atomic E-state index is 12.0. The van der Waals surface area contributed by atoms with E-state index in [0.29, 0.717) is 24.0 Å². The molecule has 168 valence electrons. The van der Waals surface area contributed by atoms with Gasteiger partial charge in [-0.2, -0.15) is 0 Å². The summed E-state index contributed by atoms with van der Waals surface area (Å²) in [6.45, 7) is 7.44. The first-order valence-electron chi connectivity index (χ1n) is 10.8. The molecule has 1 saturated carbocycles. The Hall–Kier alpha value is -2.25. The van der Waals surface area contributed by atoms with Crippen molar-refractivity contribution in [3.8, 4) is 0 Å². The molecule has 1 amide bonds. The van der Waals surface area contributed by atoms with Crippen molar-refractivity contribution in [3.63, 3.8) is 0 Å². The number of nitrogens with two attached hydrogens (primary N) is 1. The Morgan fingerprint density at radius 1 is 1.23 bits per heavy atom. The normalized spacial score (nSPS) is 25.4. The van der Waals surface area contributed by atoms with Crippen LogP contribution in [0.3, 0.4) is 0 Å². The van der Waals surface area contributed by atoms with Crippen molar-refractivity contribution in [1.82, 2.24) is 10.3 Å². The number of benzene rings is 1. The smallest absolute Gasteiger partial charge is 0.407 e. The predicted molar refractivity (Wildman–Crippen MR) is 123 cm³/mol. The number of amides is 1. The molecule has 1 aromatic carbocycles. The van der Waals surface area contributed by atoms with E-state index in [0.717, 1.165) is 48.8 Å². The summed E-state index contributed by atoms with van der Waals surface area (Å²) >= 11 is 6.26. The molecule has 1 aliphatic carbocycles. The monoisotopic (exact) mass is 446 g/mol. The molecule has 0 atom stereocenters. The van der Waals surface area contributed by atoms with Gasteiger partial charge in [0, 0.05) is 23.9 Å². The number of carbonyl (C=O) groups is 1. The zero-order valence-electron chi connectivity index (χ0n) is 18.4. The van der Waals surface area contributed by atoms with E-state index >= 15 is 0 Å². The molecule has 2 bridgehead atoms. The first kappa shape index (κ1) is 22.0. The number of nitrogen functional groups attached to an aromatic ring is 1. The van der Waals surface area contributed by atoms with Gasteiger partial charge in [0.05, 0.1) is 29.1 Å². The average molecular weight is 447 g/mol. The van der Waals surface area contributed by atoms with E-state index in [4.69, 9.17) is 26.8 Å². The zero-order chi connectivity index (χ0) is 22.3.